The Kier molecular flexibility index (Phi) is 4.50. The average Bonchev–Trinajstić information content (AvgIpc) is 3.08. The van der Waals surface area contributed by atoms with E-state index in [9.17, 15) is 13.2 Å². The molecule has 0 aliphatic heterocycles. The number of pyridine rings is 1. The van der Waals surface area contributed by atoms with Gasteiger partial charge in [-0.15, -0.1) is 0 Å². The first-order valence-corrected chi connectivity index (χ1v) is 7.17. The third-order valence-corrected chi connectivity index (χ3v) is 3.54. The largest absolute Gasteiger partial charge is 0.494 e. The molecule has 0 unspecified atom stereocenters. The van der Waals surface area contributed by atoms with E-state index in [1.54, 1.807) is 23.1 Å². The van der Waals surface area contributed by atoms with Gasteiger partial charge in [0.25, 0.3) is 6.43 Å². The summed E-state index contributed by atoms with van der Waals surface area (Å²) in [6.45, 7) is 0.502. The minimum absolute atomic E-state index is 0.370. The number of alkyl halides is 2. The van der Waals surface area contributed by atoms with E-state index in [-0.39, 0.29) is 0 Å². The predicted molar refractivity (Wildman–Crippen MR) is 82.5 cm³/mol. The van der Waals surface area contributed by atoms with E-state index in [0.717, 1.165) is 17.7 Å². The Morgan fingerprint density at radius 1 is 1.25 bits per heavy atom. The number of hydrogen-bond acceptors (Lipinski definition) is 3. The van der Waals surface area contributed by atoms with Crippen molar-refractivity contribution in [1.29, 1.82) is 0 Å². The van der Waals surface area contributed by atoms with Crippen LogP contribution >= 0.6 is 0 Å². The summed E-state index contributed by atoms with van der Waals surface area (Å²) in [6, 6.07) is 7.08. The van der Waals surface area contributed by atoms with Gasteiger partial charge in [0, 0.05) is 24.2 Å². The fourth-order valence-corrected chi connectivity index (χ4v) is 2.38. The molecule has 0 aliphatic carbocycles. The van der Waals surface area contributed by atoms with Gasteiger partial charge in [-0.05, 0) is 35.9 Å². The monoisotopic (exact) mass is 333 g/mol. The van der Waals surface area contributed by atoms with Gasteiger partial charge in [-0.1, -0.05) is 0 Å². The van der Waals surface area contributed by atoms with Crippen LogP contribution in [0.25, 0.3) is 11.3 Å². The highest BCUT2D eigenvalue weighted by atomic mass is 19.3. The topological polar surface area (TPSA) is 39.9 Å². The molecule has 4 nitrogen and oxygen atoms in total. The Balaban J connectivity index is 1.97. The lowest BCUT2D eigenvalue weighted by atomic mass is 10.1. The number of hydrogen-bond donors (Lipinski definition) is 0. The van der Waals surface area contributed by atoms with Crippen molar-refractivity contribution in [1.82, 2.24) is 14.8 Å². The molecule has 0 radical (unpaired) electrons. The van der Waals surface area contributed by atoms with Crippen LogP contribution < -0.4 is 4.74 Å². The van der Waals surface area contributed by atoms with Gasteiger partial charge in [0.1, 0.15) is 17.3 Å². The lowest BCUT2D eigenvalue weighted by Crippen LogP contribution is -2.02. The summed E-state index contributed by atoms with van der Waals surface area (Å²) in [6.07, 6.45) is 2.21. The highest BCUT2D eigenvalue weighted by Gasteiger charge is 2.17. The Hall–Kier alpha value is -2.83. The molecule has 0 bridgehead atoms. The summed E-state index contributed by atoms with van der Waals surface area (Å²) in [4.78, 5) is 4.30. The maximum atomic E-state index is 13.5. The van der Waals surface area contributed by atoms with E-state index in [1.807, 2.05) is 12.3 Å². The van der Waals surface area contributed by atoms with Gasteiger partial charge >= 0.3 is 0 Å². The van der Waals surface area contributed by atoms with Crippen molar-refractivity contribution in [2.75, 3.05) is 7.11 Å². The maximum Gasteiger partial charge on any atom is 0.266 e. The molecule has 2 aromatic heterocycles. The van der Waals surface area contributed by atoms with Crippen molar-refractivity contribution in [3.63, 3.8) is 0 Å². The Morgan fingerprint density at radius 3 is 2.75 bits per heavy atom. The van der Waals surface area contributed by atoms with Crippen molar-refractivity contribution in [3.8, 4) is 17.0 Å². The van der Waals surface area contributed by atoms with Crippen LogP contribution in [-0.2, 0) is 6.54 Å². The van der Waals surface area contributed by atoms with Gasteiger partial charge < -0.3 is 4.74 Å². The molecule has 0 spiro atoms. The van der Waals surface area contributed by atoms with Crippen LogP contribution in [0, 0.1) is 5.82 Å². The Labute approximate surface area is 136 Å². The van der Waals surface area contributed by atoms with Crippen LogP contribution in [-0.4, -0.2) is 21.9 Å². The lowest BCUT2D eigenvalue weighted by Gasteiger charge is -2.11. The maximum absolute atomic E-state index is 13.5. The lowest BCUT2D eigenvalue weighted by molar-refractivity contribution is 0.146. The first kappa shape index (κ1) is 16.0. The zero-order valence-electron chi connectivity index (χ0n) is 12.8. The summed E-state index contributed by atoms with van der Waals surface area (Å²) >= 11 is 0. The zero-order valence-corrected chi connectivity index (χ0v) is 12.8. The number of nitrogens with zero attached hydrogens (tertiary/aromatic N) is 3. The molecule has 0 saturated heterocycles. The molecule has 0 aliphatic rings. The molecule has 7 heteroatoms. The molecule has 0 atom stereocenters. The molecule has 1 aromatic carbocycles. The average molecular weight is 333 g/mol. The minimum atomic E-state index is -2.89. The number of benzene rings is 1. The third kappa shape index (κ3) is 3.24. The minimum Gasteiger partial charge on any atom is -0.494 e. The number of rotatable bonds is 5. The summed E-state index contributed by atoms with van der Waals surface area (Å²) in [5, 5.41) is 4.11. The first-order valence-electron chi connectivity index (χ1n) is 7.17. The molecule has 0 fully saturated rings. The molecule has 3 rings (SSSR count). The highest BCUT2D eigenvalue weighted by Crippen LogP contribution is 2.32. The molecule has 0 N–H and O–H groups in total. The fourth-order valence-electron chi connectivity index (χ4n) is 2.38. The van der Waals surface area contributed by atoms with Crippen LogP contribution in [0.4, 0.5) is 13.2 Å². The molecule has 3 aromatic rings. The van der Waals surface area contributed by atoms with E-state index >= 15 is 0 Å². The number of ether oxygens (including phenoxy) is 1. The molecule has 24 heavy (non-hydrogen) atoms. The molecular formula is C17H14F3N3O. The standard InChI is InChI=1S/C17H14F3N3O/c1-24-15-7-11(10-23-6-2-5-22-23)9-21-16(15)12-3-4-14(18)13(8-12)17(19)20/h2-9,17H,10H2,1H3. The van der Waals surface area contributed by atoms with Crippen LogP contribution in [0.3, 0.4) is 0 Å². The van der Waals surface area contributed by atoms with Crippen LogP contribution in [0.1, 0.15) is 17.6 Å². The molecule has 2 heterocycles. The van der Waals surface area contributed by atoms with Gasteiger partial charge in [0.05, 0.1) is 19.2 Å². The summed E-state index contributed by atoms with van der Waals surface area (Å²) in [7, 11) is 1.47. The number of halogens is 3. The van der Waals surface area contributed by atoms with E-state index in [0.29, 0.717) is 23.6 Å². The van der Waals surface area contributed by atoms with Gasteiger partial charge in [0.15, 0.2) is 0 Å². The van der Waals surface area contributed by atoms with E-state index < -0.39 is 17.8 Å². The van der Waals surface area contributed by atoms with Gasteiger partial charge in [-0.3, -0.25) is 9.67 Å². The summed E-state index contributed by atoms with van der Waals surface area (Å²) in [5.74, 6) is -0.519. The summed E-state index contributed by atoms with van der Waals surface area (Å²) in [5.41, 5.74) is 0.935. The Morgan fingerprint density at radius 2 is 2.08 bits per heavy atom. The van der Waals surface area contributed by atoms with Gasteiger partial charge in [0.2, 0.25) is 0 Å². The van der Waals surface area contributed by atoms with E-state index in [4.69, 9.17) is 4.74 Å². The van der Waals surface area contributed by atoms with Crippen LogP contribution in [0.2, 0.25) is 0 Å². The molecular weight excluding hydrogens is 319 g/mol. The number of aromatic nitrogens is 3. The summed E-state index contributed by atoms with van der Waals surface area (Å²) < 4.78 is 46.3. The second-order valence-corrected chi connectivity index (χ2v) is 5.14. The van der Waals surface area contributed by atoms with E-state index in [1.165, 1.54) is 13.2 Å². The zero-order chi connectivity index (χ0) is 17.1. The van der Waals surface area contributed by atoms with E-state index in [2.05, 4.69) is 10.1 Å². The first-order chi connectivity index (χ1) is 11.6. The van der Waals surface area contributed by atoms with Gasteiger partial charge in [-0.25, -0.2) is 13.2 Å². The molecule has 124 valence electrons. The molecule has 0 saturated carbocycles. The van der Waals surface area contributed by atoms with Crippen molar-refractivity contribution in [2.24, 2.45) is 0 Å². The van der Waals surface area contributed by atoms with Crippen LogP contribution in [0.5, 0.6) is 5.75 Å². The highest BCUT2D eigenvalue weighted by molar-refractivity contribution is 5.67. The van der Waals surface area contributed by atoms with Crippen molar-refractivity contribution < 1.29 is 17.9 Å². The normalized spacial score (nSPS) is 11.0. The quantitative estimate of drug-likeness (QED) is 0.706. The van der Waals surface area contributed by atoms with Gasteiger partial charge in [-0.2, -0.15) is 5.10 Å². The van der Waals surface area contributed by atoms with Crippen LogP contribution in [0.15, 0.2) is 48.9 Å². The smallest absolute Gasteiger partial charge is 0.266 e. The van der Waals surface area contributed by atoms with Crippen molar-refractivity contribution in [2.45, 2.75) is 13.0 Å². The SMILES string of the molecule is COc1cc(Cn2cccn2)cnc1-c1ccc(F)c(C(F)F)c1. The molecule has 0 amide bonds. The Bertz CT molecular complexity index is 835. The van der Waals surface area contributed by atoms with Crippen molar-refractivity contribution in [3.05, 3.63) is 65.9 Å². The fraction of sp³-hybridized carbons (Fsp3) is 0.176. The second-order valence-electron chi connectivity index (χ2n) is 5.14. The second kappa shape index (κ2) is 6.74. The predicted octanol–water partition coefficient (Wildman–Crippen LogP) is 4.08. The van der Waals surface area contributed by atoms with Crippen molar-refractivity contribution >= 4 is 0 Å². The third-order valence-electron chi connectivity index (χ3n) is 3.54. The number of methoxy groups -OCH3 is 1.